The van der Waals surface area contributed by atoms with Crippen LogP contribution in [0.25, 0.3) is 10.8 Å². The highest BCUT2D eigenvalue weighted by Gasteiger charge is 2.01. The summed E-state index contributed by atoms with van der Waals surface area (Å²) in [6, 6.07) is 12.8. The van der Waals surface area contributed by atoms with Gasteiger partial charge >= 0.3 is 0 Å². The van der Waals surface area contributed by atoms with E-state index >= 15 is 0 Å². The van der Waals surface area contributed by atoms with Gasteiger partial charge < -0.3 is 9.47 Å². The Morgan fingerprint density at radius 3 is 1.16 bits per heavy atom. The van der Waals surface area contributed by atoms with Crippen LogP contribution in [0.4, 0.5) is 0 Å². The van der Waals surface area contributed by atoms with Gasteiger partial charge in [-0.05, 0) is 47.9 Å². The van der Waals surface area contributed by atoms with Gasteiger partial charge in [0.25, 0.3) is 0 Å². The monoisotopic (exact) mass is 440 g/mol. The molecule has 2 nitrogen and oxygen atoms in total. The van der Waals surface area contributed by atoms with Gasteiger partial charge in [0, 0.05) is 0 Å². The van der Waals surface area contributed by atoms with Crippen molar-refractivity contribution in [1.82, 2.24) is 0 Å². The molecule has 0 heterocycles. The summed E-state index contributed by atoms with van der Waals surface area (Å²) in [6.45, 7) is 6.19. The summed E-state index contributed by atoms with van der Waals surface area (Å²) in [7, 11) is 0. The van der Waals surface area contributed by atoms with Gasteiger partial charge in [0.15, 0.2) is 0 Å². The molecular formula is C30H48O2. The summed E-state index contributed by atoms with van der Waals surface area (Å²) < 4.78 is 12.0. The zero-order valence-electron chi connectivity index (χ0n) is 21.0. The second-order valence-electron chi connectivity index (χ2n) is 9.32. The van der Waals surface area contributed by atoms with Gasteiger partial charge in [-0.1, -0.05) is 116 Å². The molecule has 0 amide bonds. The predicted octanol–water partition coefficient (Wildman–Crippen LogP) is 9.88. The molecule has 180 valence electrons. The predicted molar refractivity (Wildman–Crippen MR) is 140 cm³/mol. The highest BCUT2D eigenvalue weighted by molar-refractivity contribution is 5.85. The van der Waals surface area contributed by atoms with Gasteiger partial charge in [0.05, 0.1) is 13.2 Å². The molecule has 0 unspecified atom stereocenters. The van der Waals surface area contributed by atoms with Crippen molar-refractivity contribution in [2.75, 3.05) is 13.2 Å². The van der Waals surface area contributed by atoms with E-state index in [1.54, 1.807) is 0 Å². The Kier molecular flexibility index (Phi) is 14.8. The second kappa shape index (κ2) is 17.8. The molecule has 0 atom stereocenters. The van der Waals surface area contributed by atoms with Crippen molar-refractivity contribution in [3.8, 4) is 11.5 Å². The third kappa shape index (κ3) is 11.8. The Hall–Kier alpha value is -1.70. The Bertz CT molecular complexity index is 648. The maximum Gasteiger partial charge on any atom is 0.119 e. The van der Waals surface area contributed by atoms with E-state index in [1.165, 1.54) is 101 Å². The molecule has 0 bridgehead atoms. The molecule has 2 heteroatoms. The molecule has 0 radical (unpaired) electrons. The van der Waals surface area contributed by atoms with Crippen LogP contribution in [-0.2, 0) is 0 Å². The Balaban J connectivity index is 1.59. The van der Waals surface area contributed by atoms with E-state index in [9.17, 15) is 0 Å². The Morgan fingerprint density at radius 1 is 0.438 bits per heavy atom. The standard InChI is InChI=1S/C30H48O2/c1-3-5-7-9-11-13-15-17-23-31-29-21-19-28-26-30(22-20-27(28)25-29)32-24-18-16-14-12-10-8-6-4-2/h19-22,25-26H,3-18,23-24H2,1-2H3. The molecule has 0 N–H and O–H groups in total. The van der Waals surface area contributed by atoms with Gasteiger partial charge in [0.1, 0.15) is 11.5 Å². The maximum atomic E-state index is 5.99. The fraction of sp³-hybridized carbons (Fsp3) is 0.667. The minimum atomic E-state index is 0.820. The first-order chi connectivity index (χ1) is 15.8. The molecule has 2 rings (SSSR count). The number of unbranched alkanes of at least 4 members (excludes halogenated alkanes) is 14. The van der Waals surface area contributed by atoms with Crippen LogP contribution in [-0.4, -0.2) is 13.2 Å². The Morgan fingerprint density at radius 2 is 0.781 bits per heavy atom. The van der Waals surface area contributed by atoms with Crippen LogP contribution in [0.2, 0.25) is 0 Å². The molecule has 0 aromatic heterocycles. The SMILES string of the molecule is CCCCCCCCCCOc1ccc2cc(OCCCCCCCCCC)ccc2c1. The second-order valence-corrected chi connectivity index (χ2v) is 9.32. The number of fused-ring (bicyclic) bond motifs is 1. The topological polar surface area (TPSA) is 18.5 Å². The summed E-state index contributed by atoms with van der Waals surface area (Å²) in [5, 5.41) is 2.44. The molecule has 0 saturated heterocycles. The summed E-state index contributed by atoms with van der Waals surface area (Å²) in [5.74, 6) is 1.96. The fourth-order valence-electron chi connectivity index (χ4n) is 4.23. The summed E-state index contributed by atoms with van der Waals surface area (Å²) >= 11 is 0. The number of benzene rings is 2. The van der Waals surface area contributed by atoms with E-state index in [4.69, 9.17) is 9.47 Å². The highest BCUT2D eigenvalue weighted by atomic mass is 16.5. The lowest BCUT2D eigenvalue weighted by Crippen LogP contribution is -1.98. The van der Waals surface area contributed by atoms with Crippen LogP contribution in [0.1, 0.15) is 117 Å². The van der Waals surface area contributed by atoms with E-state index in [0.29, 0.717) is 0 Å². The largest absolute Gasteiger partial charge is 0.494 e. The zero-order chi connectivity index (χ0) is 22.7. The van der Waals surface area contributed by atoms with Gasteiger partial charge in [-0.3, -0.25) is 0 Å². The Labute approximate surface area is 198 Å². The van der Waals surface area contributed by atoms with Crippen LogP contribution in [0.5, 0.6) is 11.5 Å². The van der Waals surface area contributed by atoms with E-state index in [2.05, 4.69) is 50.2 Å². The average Bonchev–Trinajstić information content (AvgIpc) is 2.82. The van der Waals surface area contributed by atoms with Crippen LogP contribution >= 0.6 is 0 Å². The molecule has 0 aliphatic rings. The number of rotatable bonds is 20. The molecule has 0 saturated carbocycles. The molecule has 32 heavy (non-hydrogen) atoms. The van der Waals surface area contributed by atoms with Crippen molar-refractivity contribution >= 4 is 10.8 Å². The van der Waals surface area contributed by atoms with Crippen LogP contribution < -0.4 is 9.47 Å². The van der Waals surface area contributed by atoms with Crippen LogP contribution in [0, 0.1) is 0 Å². The van der Waals surface area contributed by atoms with Crippen molar-refractivity contribution in [3.05, 3.63) is 36.4 Å². The smallest absolute Gasteiger partial charge is 0.119 e. The first kappa shape index (κ1) is 26.6. The molecular weight excluding hydrogens is 392 g/mol. The summed E-state index contributed by atoms with van der Waals surface area (Å²) in [5.41, 5.74) is 0. The van der Waals surface area contributed by atoms with Crippen LogP contribution in [0.3, 0.4) is 0 Å². The number of ether oxygens (including phenoxy) is 2. The lowest BCUT2D eigenvalue weighted by molar-refractivity contribution is 0.304. The quantitative estimate of drug-likeness (QED) is 0.191. The van der Waals surface area contributed by atoms with E-state index < -0.39 is 0 Å². The van der Waals surface area contributed by atoms with Gasteiger partial charge in [-0.2, -0.15) is 0 Å². The third-order valence-corrected chi connectivity index (χ3v) is 6.32. The lowest BCUT2D eigenvalue weighted by Gasteiger charge is -2.10. The van der Waals surface area contributed by atoms with E-state index in [1.807, 2.05) is 0 Å². The number of hydrogen-bond donors (Lipinski definition) is 0. The van der Waals surface area contributed by atoms with Gasteiger partial charge in [0.2, 0.25) is 0 Å². The van der Waals surface area contributed by atoms with Crippen molar-refractivity contribution < 1.29 is 9.47 Å². The minimum Gasteiger partial charge on any atom is -0.494 e. The molecule has 2 aromatic carbocycles. The lowest BCUT2D eigenvalue weighted by atomic mass is 10.1. The van der Waals surface area contributed by atoms with Gasteiger partial charge in [-0.25, -0.2) is 0 Å². The molecule has 2 aromatic rings. The molecule has 0 aliphatic heterocycles. The first-order valence-electron chi connectivity index (χ1n) is 13.6. The fourth-order valence-corrected chi connectivity index (χ4v) is 4.23. The molecule has 0 aliphatic carbocycles. The van der Waals surface area contributed by atoms with E-state index in [-0.39, 0.29) is 0 Å². The van der Waals surface area contributed by atoms with Crippen molar-refractivity contribution in [3.63, 3.8) is 0 Å². The summed E-state index contributed by atoms with van der Waals surface area (Å²) in [4.78, 5) is 0. The average molecular weight is 441 g/mol. The third-order valence-electron chi connectivity index (χ3n) is 6.32. The van der Waals surface area contributed by atoms with Crippen LogP contribution in [0.15, 0.2) is 36.4 Å². The zero-order valence-corrected chi connectivity index (χ0v) is 21.0. The first-order valence-corrected chi connectivity index (χ1v) is 13.6. The summed E-state index contributed by atoms with van der Waals surface area (Å²) in [6.07, 6.45) is 21.3. The number of hydrogen-bond acceptors (Lipinski definition) is 2. The van der Waals surface area contributed by atoms with E-state index in [0.717, 1.165) is 37.6 Å². The molecule has 0 fully saturated rings. The minimum absolute atomic E-state index is 0.820. The van der Waals surface area contributed by atoms with Crippen molar-refractivity contribution in [2.45, 2.75) is 117 Å². The maximum absolute atomic E-state index is 5.99. The van der Waals surface area contributed by atoms with Gasteiger partial charge in [-0.15, -0.1) is 0 Å². The van der Waals surface area contributed by atoms with Crippen molar-refractivity contribution in [1.29, 1.82) is 0 Å². The normalized spacial score (nSPS) is 11.2. The highest BCUT2D eigenvalue weighted by Crippen LogP contribution is 2.25. The van der Waals surface area contributed by atoms with Crippen molar-refractivity contribution in [2.24, 2.45) is 0 Å². The molecule has 0 spiro atoms.